The molecule has 0 bridgehead atoms. The van der Waals surface area contributed by atoms with Gasteiger partial charge in [-0.25, -0.2) is 0 Å². The van der Waals surface area contributed by atoms with Gasteiger partial charge in [0.1, 0.15) is 5.75 Å². The summed E-state index contributed by atoms with van der Waals surface area (Å²) in [6, 6.07) is 16.0. The third kappa shape index (κ3) is 3.35. The number of benzene rings is 2. The van der Waals surface area contributed by atoms with Gasteiger partial charge in [-0.2, -0.15) is 0 Å². The van der Waals surface area contributed by atoms with Gasteiger partial charge in [0, 0.05) is 29.2 Å². The molecular weight excluding hydrogens is 348 g/mol. The van der Waals surface area contributed by atoms with Crippen molar-refractivity contribution in [3.63, 3.8) is 0 Å². The molecule has 1 fully saturated rings. The highest BCUT2D eigenvalue weighted by Gasteiger charge is 2.41. The molecule has 26 heavy (non-hydrogen) atoms. The number of aromatic amines is 1. The van der Waals surface area contributed by atoms with Crippen molar-refractivity contribution in [1.82, 2.24) is 10.3 Å². The van der Waals surface area contributed by atoms with Gasteiger partial charge in [-0.1, -0.05) is 12.1 Å². The monoisotopic (exact) mass is 370 g/mol. The molecule has 1 aliphatic rings. The number of hydrogen-bond acceptors (Lipinski definition) is 3. The van der Waals surface area contributed by atoms with Gasteiger partial charge in [-0.05, 0) is 61.3 Å². The summed E-state index contributed by atoms with van der Waals surface area (Å²) >= 11 is 0. The van der Waals surface area contributed by atoms with Crippen LogP contribution in [0.4, 0.5) is 0 Å². The van der Waals surface area contributed by atoms with Gasteiger partial charge < -0.3 is 15.0 Å². The number of rotatable bonds is 5. The van der Waals surface area contributed by atoms with Crippen LogP contribution in [-0.4, -0.2) is 31.0 Å². The van der Waals surface area contributed by atoms with Gasteiger partial charge in [0.15, 0.2) is 5.78 Å². The lowest BCUT2D eigenvalue weighted by molar-refractivity contribution is 0.0816. The zero-order valence-corrected chi connectivity index (χ0v) is 15.6. The standard InChI is InChI=1S/C21H22N2O2.ClH/c1-25-18-5-2-15(3-6-18)13-21(9-11-22-14-21)20(24)17-4-7-19-16(12-17)8-10-23-19;/h2-8,10,12,22-23H,9,11,13-14H2,1H3;1H. The molecule has 136 valence electrons. The number of H-pyrrole nitrogens is 1. The van der Waals surface area contributed by atoms with Crippen molar-refractivity contribution in [3.05, 3.63) is 65.9 Å². The van der Waals surface area contributed by atoms with Gasteiger partial charge in [0.2, 0.25) is 0 Å². The second kappa shape index (κ2) is 7.52. The summed E-state index contributed by atoms with van der Waals surface area (Å²) in [7, 11) is 1.66. The molecule has 4 rings (SSSR count). The number of ether oxygens (including phenoxy) is 1. The molecule has 2 aromatic carbocycles. The van der Waals surface area contributed by atoms with Crippen LogP contribution >= 0.6 is 12.4 Å². The van der Waals surface area contributed by atoms with E-state index in [4.69, 9.17) is 4.74 Å². The van der Waals surface area contributed by atoms with Crippen molar-refractivity contribution in [3.8, 4) is 5.75 Å². The van der Waals surface area contributed by atoms with Gasteiger partial charge >= 0.3 is 0 Å². The molecule has 1 aliphatic heterocycles. The summed E-state index contributed by atoms with van der Waals surface area (Å²) in [4.78, 5) is 16.6. The maximum atomic E-state index is 13.4. The minimum atomic E-state index is -0.376. The Balaban J connectivity index is 0.00000196. The van der Waals surface area contributed by atoms with E-state index in [1.54, 1.807) is 7.11 Å². The van der Waals surface area contributed by atoms with Crippen molar-refractivity contribution >= 4 is 29.1 Å². The van der Waals surface area contributed by atoms with Gasteiger partial charge in [-0.15, -0.1) is 12.4 Å². The Hall–Kier alpha value is -2.30. The van der Waals surface area contributed by atoms with Gasteiger partial charge in [-0.3, -0.25) is 4.79 Å². The van der Waals surface area contributed by atoms with Gasteiger partial charge in [0.25, 0.3) is 0 Å². The number of halogens is 1. The lowest BCUT2D eigenvalue weighted by atomic mass is 9.74. The van der Waals surface area contributed by atoms with Crippen molar-refractivity contribution < 1.29 is 9.53 Å². The fourth-order valence-electron chi connectivity index (χ4n) is 3.80. The SMILES string of the molecule is COc1ccc(CC2(C(=O)c3ccc4[nH]ccc4c3)CCNC2)cc1.Cl. The molecule has 1 unspecified atom stereocenters. The first kappa shape index (κ1) is 18.5. The van der Waals surface area contributed by atoms with Crippen molar-refractivity contribution in [2.75, 3.05) is 20.2 Å². The number of fused-ring (bicyclic) bond motifs is 1. The van der Waals surface area contributed by atoms with E-state index in [0.29, 0.717) is 0 Å². The fourth-order valence-corrected chi connectivity index (χ4v) is 3.80. The van der Waals surface area contributed by atoms with E-state index in [2.05, 4.69) is 22.4 Å². The first-order valence-corrected chi connectivity index (χ1v) is 8.66. The fraction of sp³-hybridized carbons (Fsp3) is 0.286. The van der Waals surface area contributed by atoms with E-state index < -0.39 is 0 Å². The Kier molecular flexibility index (Phi) is 5.35. The number of aromatic nitrogens is 1. The van der Waals surface area contributed by atoms with Gasteiger partial charge in [0.05, 0.1) is 12.5 Å². The van der Waals surface area contributed by atoms with Crippen LogP contribution in [0.15, 0.2) is 54.7 Å². The third-order valence-corrected chi connectivity index (χ3v) is 5.24. The summed E-state index contributed by atoms with van der Waals surface area (Å²) in [5, 5.41) is 4.47. The smallest absolute Gasteiger partial charge is 0.170 e. The number of carbonyl (C=O) groups is 1. The average molecular weight is 371 g/mol. The number of nitrogens with one attached hydrogen (secondary N) is 2. The molecule has 5 heteroatoms. The zero-order chi connectivity index (χ0) is 17.3. The van der Waals surface area contributed by atoms with Crippen LogP contribution < -0.4 is 10.1 Å². The molecule has 0 amide bonds. The minimum Gasteiger partial charge on any atom is -0.497 e. The average Bonchev–Trinajstić information content (AvgIpc) is 3.31. The van der Waals surface area contributed by atoms with Crippen LogP contribution in [0.25, 0.3) is 10.9 Å². The number of ketones is 1. The Morgan fingerprint density at radius 2 is 1.96 bits per heavy atom. The summed E-state index contributed by atoms with van der Waals surface area (Å²) in [6.45, 7) is 1.61. The van der Waals surface area contributed by atoms with E-state index >= 15 is 0 Å². The van der Waals surface area contributed by atoms with E-state index in [0.717, 1.165) is 48.1 Å². The summed E-state index contributed by atoms with van der Waals surface area (Å²) in [6.07, 6.45) is 3.51. The topological polar surface area (TPSA) is 54.1 Å². The Morgan fingerprint density at radius 3 is 2.65 bits per heavy atom. The zero-order valence-electron chi connectivity index (χ0n) is 14.7. The predicted molar refractivity (Wildman–Crippen MR) is 106 cm³/mol. The van der Waals surface area contributed by atoms with E-state index in [1.807, 2.05) is 42.6 Å². The quantitative estimate of drug-likeness (QED) is 0.667. The van der Waals surface area contributed by atoms with E-state index in [-0.39, 0.29) is 23.6 Å². The molecule has 1 saturated heterocycles. The van der Waals surface area contributed by atoms with Crippen molar-refractivity contribution in [2.24, 2.45) is 5.41 Å². The van der Waals surface area contributed by atoms with Crippen LogP contribution in [0.1, 0.15) is 22.3 Å². The van der Waals surface area contributed by atoms with Crippen LogP contribution in [0.2, 0.25) is 0 Å². The number of hydrogen-bond donors (Lipinski definition) is 2. The molecule has 0 radical (unpaired) electrons. The Labute approximate surface area is 159 Å². The second-order valence-electron chi connectivity index (χ2n) is 6.84. The molecule has 0 spiro atoms. The van der Waals surface area contributed by atoms with Crippen molar-refractivity contribution in [2.45, 2.75) is 12.8 Å². The van der Waals surface area contributed by atoms with Crippen LogP contribution in [0.3, 0.4) is 0 Å². The summed E-state index contributed by atoms with van der Waals surface area (Å²) < 4.78 is 5.23. The molecular formula is C21H23ClN2O2. The van der Waals surface area contributed by atoms with E-state index in [9.17, 15) is 4.79 Å². The maximum absolute atomic E-state index is 13.4. The normalized spacial score (nSPS) is 19.3. The van der Waals surface area contributed by atoms with E-state index in [1.165, 1.54) is 5.56 Å². The minimum absolute atomic E-state index is 0. The molecule has 1 atom stereocenters. The van der Waals surface area contributed by atoms with Crippen LogP contribution in [0, 0.1) is 5.41 Å². The highest BCUT2D eigenvalue weighted by atomic mass is 35.5. The molecule has 0 aliphatic carbocycles. The van der Waals surface area contributed by atoms with Crippen LogP contribution in [-0.2, 0) is 6.42 Å². The lowest BCUT2D eigenvalue weighted by Crippen LogP contribution is -2.35. The maximum Gasteiger partial charge on any atom is 0.170 e. The Bertz CT molecular complexity index is 896. The highest BCUT2D eigenvalue weighted by molar-refractivity contribution is 6.03. The largest absolute Gasteiger partial charge is 0.497 e. The Morgan fingerprint density at radius 1 is 1.15 bits per heavy atom. The summed E-state index contributed by atoms with van der Waals surface area (Å²) in [5.74, 6) is 1.07. The molecule has 4 nitrogen and oxygen atoms in total. The number of Topliss-reactive ketones (excluding diaryl/α,β-unsaturated/α-hetero) is 1. The molecule has 2 heterocycles. The first-order valence-electron chi connectivity index (χ1n) is 8.66. The second-order valence-corrected chi connectivity index (χ2v) is 6.84. The molecule has 2 N–H and O–H groups in total. The van der Waals surface area contributed by atoms with Crippen LogP contribution in [0.5, 0.6) is 5.75 Å². The highest BCUT2D eigenvalue weighted by Crippen LogP contribution is 2.35. The predicted octanol–water partition coefficient (Wildman–Crippen LogP) is 4.00. The molecule has 3 aromatic rings. The lowest BCUT2D eigenvalue weighted by Gasteiger charge is -2.27. The molecule has 0 saturated carbocycles. The number of methoxy groups -OCH3 is 1. The number of carbonyl (C=O) groups excluding carboxylic acids is 1. The third-order valence-electron chi connectivity index (χ3n) is 5.24. The van der Waals surface area contributed by atoms with Crippen molar-refractivity contribution in [1.29, 1.82) is 0 Å². The molecule has 1 aromatic heterocycles. The summed E-state index contributed by atoms with van der Waals surface area (Å²) in [5.41, 5.74) is 2.65. The first-order chi connectivity index (χ1) is 12.2.